The molecule has 0 unspecified atom stereocenters. The number of aryl methyl sites for hydroxylation is 1. The molecule has 0 spiro atoms. The van der Waals surface area contributed by atoms with E-state index in [9.17, 15) is 22.8 Å². The van der Waals surface area contributed by atoms with Gasteiger partial charge in [0, 0.05) is 23.0 Å². The standard InChI is InChI=1S/C19H17ClN4O5S/c1-12-5-6-14(21-18(26)11-24-8-7-17(25)22-19(24)27)10-16(12)30(28,29)23-15-4-2-3-13(20)9-15/h2-10,23H,11H2,1H3,(H,21,26)(H,22,25,27). The molecule has 0 fully saturated rings. The van der Waals surface area contributed by atoms with Crippen molar-refractivity contribution in [1.82, 2.24) is 9.55 Å². The summed E-state index contributed by atoms with van der Waals surface area (Å²) in [6, 6.07) is 11.8. The quantitative estimate of drug-likeness (QED) is 0.530. The maximum absolute atomic E-state index is 12.8. The molecule has 0 atom stereocenters. The van der Waals surface area contributed by atoms with E-state index in [1.54, 1.807) is 37.3 Å². The van der Waals surface area contributed by atoms with E-state index >= 15 is 0 Å². The lowest BCUT2D eigenvalue weighted by Gasteiger charge is -2.13. The predicted molar refractivity (Wildman–Crippen MR) is 113 cm³/mol. The molecule has 3 aromatic rings. The minimum atomic E-state index is -3.94. The topological polar surface area (TPSA) is 130 Å². The summed E-state index contributed by atoms with van der Waals surface area (Å²) in [5.41, 5.74) is -0.296. The molecule has 0 aliphatic carbocycles. The third-order valence-electron chi connectivity index (χ3n) is 4.05. The van der Waals surface area contributed by atoms with Crippen LogP contribution in [-0.4, -0.2) is 23.9 Å². The molecule has 1 heterocycles. The number of benzene rings is 2. The molecular weight excluding hydrogens is 432 g/mol. The lowest BCUT2D eigenvalue weighted by atomic mass is 10.2. The molecular formula is C19H17ClN4O5S. The van der Waals surface area contributed by atoms with Crippen molar-refractivity contribution in [3.05, 3.63) is 86.2 Å². The molecule has 0 bridgehead atoms. The van der Waals surface area contributed by atoms with Crippen LogP contribution < -0.4 is 21.3 Å². The average Bonchev–Trinajstić information content (AvgIpc) is 2.65. The van der Waals surface area contributed by atoms with Crippen molar-refractivity contribution < 1.29 is 13.2 Å². The van der Waals surface area contributed by atoms with Crippen LogP contribution in [0.25, 0.3) is 0 Å². The van der Waals surface area contributed by atoms with Gasteiger partial charge in [0.1, 0.15) is 6.54 Å². The van der Waals surface area contributed by atoms with Crippen LogP contribution in [0, 0.1) is 6.92 Å². The lowest BCUT2D eigenvalue weighted by Crippen LogP contribution is -2.32. The molecule has 1 aromatic heterocycles. The molecule has 9 nitrogen and oxygen atoms in total. The Kier molecular flexibility index (Phi) is 6.09. The van der Waals surface area contributed by atoms with Crippen molar-refractivity contribution in [2.24, 2.45) is 0 Å². The summed E-state index contributed by atoms with van der Waals surface area (Å²) in [4.78, 5) is 37.0. The Morgan fingerprint density at radius 1 is 1.10 bits per heavy atom. The Morgan fingerprint density at radius 2 is 1.87 bits per heavy atom. The highest BCUT2D eigenvalue weighted by molar-refractivity contribution is 7.92. The van der Waals surface area contributed by atoms with E-state index in [4.69, 9.17) is 11.6 Å². The van der Waals surface area contributed by atoms with E-state index in [0.29, 0.717) is 16.3 Å². The zero-order chi connectivity index (χ0) is 21.9. The first-order valence-electron chi connectivity index (χ1n) is 8.63. The van der Waals surface area contributed by atoms with Crippen LogP contribution in [0.3, 0.4) is 0 Å². The summed E-state index contributed by atoms with van der Waals surface area (Å²) in [5.74, 6) is -0.570. The van der Waals surface area contributed by atoms with E-state index in [2.05, 4.69) is 10.0 Å². The molecule has 0 aliphatic rings. The normalized spacial score (nSPS) is 11.1. The maximum atomic E-state index is 12.8. The molecule has 30 heavy (non-hydrogen) atoms. The van der Waals surface area contributed by atoms with Gasteiger partial charge in [-0.3, -0.25) is 23.9 Å². The van der Waals surface area contributed by atoms with Gasteiger partial charge in [-0.05, 0) is 42.8 Å². The Bertz CT molecular complexity index is 1330. The minimum absolute atomic E-state index is 0.0264. The molecule has 1 amide bonds. The van der Waals surface area contributed by atoms with Crippen LogP contribution in [0.5, 0.6) is 0 Å². The zero-order valence-electron chi connectivity index (χ0n) is 15.7. The van der Waals surface area contributed by atoms with E-state index in [1.807, 2.05) is 4.98 Å². The number of aromatic amines is 1. The third kappa shape index (κ3) is 5.16. The number of anilines is 2. The van der Waals surface area contributed by atoms with Crippen LogP contribution in [0.4, 0.5) is 11.4 Å². The molecule has 3 N–H and O–H groups in total. The van der Waals surface area contributed by atoms with Crippen LogP contribution in [0.2, 0.25) is 5.02 Å². The summed E-state index contributed by atoms with van der Waals surface area (Å²) in [7, 11) is -3.94. The predicted octanol–water partition coefficient (Wildman–Crippen LogP) is 1.94. The summed E-state index contributed by atoms with van der Waals surface area (Å²) in [6.45, 7) is 1.27. The van der Waals surface area contributed by atoms with Crippen molar-refractivity contribution in [3.8, 4) is 0 Å². The fraction of sp³-hybridized carbons (Fsp3) is 0.105. The monoisotopic (exact) mass is 448 g/mol. The zero-order valence-corrected chi connectivity index (χ0v) is 17.3. The van der Waals surface area contributed by atoms with Crippen molar-refractivity contribution in [2.45, 2.75) is 18.4 Å². The number of aromatic nitrogens is 2. The first-order chi connectivity index (χ1) is 14.1. The van der Waals surface area contributed by atoms with Gasteiger partial charge < -0.3 is 5.32 Å². The van der Waals surface area contributed by atoms with Crippen LogP contribution in [0.1, 0.15) is 5.56 Å². The second-order valence-corrected chi connectivity index (χ2v) is 8.47. The highest BCUT2D eigenvalue weighted by Crippen LogP contribution is 2.24. The summed E-state index contributed by atoms with van der Waals surface area (Å²) < 4.78 is 29.0. The van der Waals surface area contributed by atoms with Crippen molar-refractivity contribution in [2.75, 3.05) is 10.0 Å². The van der Waals surface area contributed by atoms with Gasteiger partial charge in [0.15, 0.2) is 0 Å². The fourth-order valence-corrected chi connectivity index (χ4v) is 4.16. The van der Waals surface area contributed by atoms with Gasteiger partial charge in [-0.25, -0.2) is 13.2 Å². The van der Waals surface area contributed by atoms with Gasteiger partial charge in [0.25, 0.3) is 15.6 Å². The van der Waals surface area contributed by atoms with Gasteiger partial charge in [-0.1, -0.05) is 23.7 Å². The van der Waals surface area contributed by atoms with E-state index in [1.165, 1.54) is 18.3 Å². The Balaban J connectivity index is 1.81. The molecule has 156 valence electrons. The number of nitrogens with zero attached hydrogens (tertiary/aromatic N) is 1. The number of sulfonamides is 1. The minimum Gasteiger partial charge on any atom is -0.324 e. The van der Waals surface area contributed by atoms with Crippen LogP contribution in [0.15, 0.2) is 69.2 Å². The fourth-order valence-electron chi connectivity index (χ4n) is 2.65. The molecule has 2 aromatic carbocycles. The summed E-state index contributed by atoms with van der Waals surface area (Å²) in [6.07, 6.45) is 1.20. The summed E-state index contributed by atoms with van der Waals surface area (Å²) in [5, 5.41) is 2.92. The van der Waals surface area contributed by atoms with Gasteiger partial charge in [-0.2, -0.15) is 0 Å². The van der Waals surface area contributed by atoms with Gasteiger partial charge >= 0.3 is 5.69 Å². The van der Waals surface area contributed by atoms with Crippen molar-refractivity contribution >= 4 is 38.9 Å². The second-order valence-electron chi connectivity index (χ2n) is 6.38. The number of amides is 1. The van der Waals surface area contributed by atoms with Crippen LogP contribution >= 0.6 is 11.6 Å². The summed E-state index contributed by atoms with van der Waals surface area (Å²) >= 11 is 5.89. The van der Waals surface area contributed by atoms with E-state index in [-0.39, 0.29) is 17.1 Å². The Morgan fingerprint density at radius 3 is 2.57 bits per heavy atom. The average molecular weight is 449 g/mol. The van der Waals surface area contributed by atoms with Gasteiger partial charge in [-0.15, -0.1) is 0 Å². The van der Waals surface area contributed by atoms with E-state index in [0.717, 1.165) is 10.6 Å². The van der Waals surface area contributed by atoms with Crippen molar-refractivity contribution in [3.63, 3.8) is 0 Å². The number of hydrogen-bond donors (Lipinski definition) is 3. The SMILES string of the molecule is Cc1ccc(NC(=O)Cn2ccc(=O)[nH]c2=O)cc1S(=O)(=O)Nc1cccc(Cl)c1. The van der Waals surface area contributed by atoms with Crippen molar-refractivity contribution in [1.29, 1.82) is 0 Å². The molecule has 0 saturated heterocycles. The number of H-pyrrole nitrogens is 1. The molecule has 0 radical (unpaired) electrons. The molecule has 3 rings (SSSR count). The largest absolute Gasteiger partial charge is 0.328 e. The van der Waals surface area contributed by atoms with Crippen LogP contribution in [-0.2, 0) is 21.4 Å². The highest BCUT2D eigenvalue weighted by Gasteiger charge is 2.18. The second kappa shape index (κ2) is 8.56. The lowest BCUT2D eigenvalue weighted by molar-refractivity contribution is -0.116. The number of carbonyl (C=O) groups excluding carboxylic acids is 1. The highest BCUT2D eigenvalue weighted by atomic mass is 35.5. The Labute approximate surface area is 176 Å². The maximum Gasteiger partial charge on any atom is 0.328 e. The smallest absolute Gasteiger partial charge is 0.324 e. The number of hydrogen-bond acceptors (Lipinski definition) is 5. The number of rotatable bonds is 6. The Hall–Kier alpha value is -3.37. The van der Waals surface area contributed by atoms with Gasteiger partial charge in [0.2, 0.25) is 5.91 Å². The number of halogens is 1. The third-order valence-corrected chi connectivity index (χ3v) is 5.81. The molecule has 0 aliphatic heterocycles. The molecule has 11 heteroatoms. The number of nitrogens with one attached hydrogen (secondary N) is 3. The first kappa shape index (κ1) is 21.3. The van der Waals surface area contributed by atoms with E-state index < -0.39 is 27.2 Å². The molecule has 0 saturated carbocycles. The number of carbonyl (C=O) groups is 1. The first-order valence-corrected chi connectivity index (χ1v) is 10.5. The van der Waals surface area contributed by atoms with Gasteiger partial charge in [0.05, 0.1) is 10.6 Å².